The number of nitrogens with zero attached hydrogens (tertiary/aromatic N) is 1. The van der Waals surface area contributed by atoms with E-state index in [4.69, 9.17) is 0 Å². The van der Waals surface area contributed by atoms with Crippen molar-refractivity contribution in [3.63, 3.8) is 0 Å². The fourth-order valence-corrected chi connectivity index (χ4v) is 3.20. The highest BCUT2D eigenvalue weighted by Gasteiger charge is 2.08. The van der Waals surface area contributed by atoms with Gasteiger partial charge in [-0.25, -0.2) is 8.42 Å². The molecule has 1 unspecified atom stereocenters. The molecule has 2 aromatic carbocycles. The number of halogens is 1. The number of hydrogen-bond donors (Lipinski definition) is 2. The molecule has 0 bridgehead atoms. The summed E-state index contributed by atoms with van der Waals surface area (Å²) in [6.07, 6.45) is 3.23. The van der Waals surface area contributed by atoms with Crippen molar-refractivity contribution < 1.29 is 8.42 Å². The summed E-state index contributed by atoms with van der Waals surface area (Å²) in [5.74, 6) is 0.734. The van der Waals surface area contributed by atoms with Gasteiger partial charge in [0.2, 0.25) is 0 Å². The molecule has 0 spiro atoms. The Morgan fingerprint density at radius 2 is 1.67 bits per heavy atom. The van der Waals surface area contributed by atoms with Gasteiger partial charge in [-0.3, -0.25) is 4.99 Å². The van der Waals surface area contributed by atoms with Gasteiger partial charge in [-0.2, -0.15) is 0 Å². The van der Waals surface area contributed by atoms with E-state index in [1.54, 1.807) is 19.2 Å². The van der Waals surface area contributed by atoms with Crippen molar-refractivity contribution >= 4 is 39.8 Å². The summed E-state index contributed by atoms with van der Waals surface area (Å²) in [6.45, 7) is 2.71. The van der Waals surface area contributed by atoms with Crippen LogP contribution >= 0.6 is 24.0 Å². The molecule has 0 aromatic heterocycles. The first kappa shape index (κ1) is 23.4. The van der Waals surface area contributed by atoms with E-state index in [2.05, 4.69) is 46.8 Å². The van der Waals surface area contributed by atoms with E-state index in [0.29, 0.717) is 11.4 Å². The smallest absolute Gasteiger partial charge is 0.191 e. The van der Waals surface area contributed by atoms with Gasteiger partial charge >= 0.3 is 0 Å². The predicted molar refractivity (Wildman–Crippen MR) is 123 cm³/mol. The van der Waals surface area contributed by atoms with Crippen LogP contribution in [0.25, 0.3) is 0 Å². The van der Waals surface area contributed by atoms with Crippen molar-refractivity contribution in [2.75, 3.05) is 13.3 Å². The van der Waals surface area contributed by atoms with Gasteiger partial charge in [0.25, 0.3) is 0 Å². The van der Waals surface area contributed by atoms with Crippen molar-refractivity contribution in [2.45, 2.75) is 37.2 Å². The third-order valence-electron chi connectivity index (χ3n) is 4.13. The minimum Gasteiger partial charge on any atom is -0.354 e. The average molecular weight is 501 g/mol. The van der Waals surface area contributed by atoms with Crippen molar-refractivity contribution in [3.8, 4) is 0 Å². The molecule has 2 rings (SSSR count). The van der Waals surface area contributed by atoms with Crippen molar-refractivity contribution in [3.05, 3.63) is 65.7 Å². The molecule has 0 aliphatic carbocycles. The highest BCUT2D eigenvalue weighted by atomic mass is 127. The standard InChI is InChI=1S/C20H27N3O2S.HI/c1-16(9-10-17-7-5-4-6-8-17)23-20(21-2)22-15-18-11-13-19(14-12-18)26(3,24)25;/h4-8,11-14,16H,9-10,15H2,1-3H3,(H2,21,22,23);1H. The Balaban J connectivity index is 0.00000364. The lowest BCUT2D eigenvalue weighted by Crippen LogP contribution is -2.42. The summed E-state index contributed by atoms with van der Waals surface area (Å²) < 4.78 is 23.0. The lowest BCUT2D eigenvalue weighted by molar-refractivity contribution is 0.593. The molecular formula is C20H28IN3O2S. The first-order valence-electron chi connectivity index (χ1n) is 8.68. The van der Waals surface area contributed by atoms with Crippen LogP contribution in [0.4, 0.5) is 0 Å². The molecule has 0 radical (unpaired) electrons. The van der Waals surface area contributed by atoms with E-state index >= 15 is 0 Å². The van der Waals surface area contributed by atoms with Gasteiger partial charge in [-0.15, -0.1) is 24.0 Å². The van der Waals surface area contributed by atoms with E-state index < -0.39 is 9.84 Å². The molecule has 7 heteroatoms. The average Bonchev–Trinajstić information content (AvgIpc) is 2.64. The number of nitrogens with one attached hydrogen (secondary N) is 2. The number of guanidine groups is 1. The van der Waals surface area contributed by atoms with Gasteiger partial charge < -0.3 is 10.6 Å². The SMILES string of the molecule is CN=C(NCc1ccc(S(C)(=O)=O)cc1)NC(C)CCc1ccccc1.I. The number of benzene rings is 2. The highest BCUT2D eigenvalue weighted by molar-refractivity contribution is 14.0. The molecule has 0 saturated heterocycles. The normalized spacial score (nSPS) is 12.8. The molecule has 0 fully saturated rings. The zero-order chi connectivity index (χ0) is 19.0. The van der Waals surface area contributed by atoms with Gasteiger partial charge in [-0.1, -0.05) is 42.5 Å². The van der Waals surface area contributed by atoms with Crippen LogP contribution in [0.3, 0.4) is 0 Å². The lowest BCUT2D eigenvalue weighted by Gasteiger charge is -2.18. The molecule has 2 aromatic rings. The first-order valence-corrected chi connectivity index (χ1v) is 10.6. The number of aliphatic imine (C=N–C) groups is 1. The van der Waals surface area contributed by atoms with Crippen LogP contribution in [0.5, 0.6) is 0 Å². The molecule has 0 amide bonds. The Morgan fingerprint density at radius 3 is 2.22 bits per heavy atom. The van der Waals surface area contributed by atoms with Crippen molar-refractivity contribution in [1.29, 1.82) is 0 Å². The maximum absolute atomic E-state index is 11.5. The summed E-state index contributed by atoms with van der Waals surface area (Å²) in [6, 6.07) is 17.6. The van der Waals surface area contributed by atoms with Crippen molar-refractivity contribution in [1.82, 2.24) is 10.6 Å². The second-order valence-electron chi connectivity index (χ2n) is 6.41. The van der Waals surface area contributed by atoms with Gasteiger partial charge in [0.1, 0.15) is 0 Å². The quantitative estimate of drug-likeness (QED) is 0.347. The van der Waals surface area contributed by atoms with Crippen LogP contribution in [0.15, 0.2) is 64.5 Å². The summed E-state index contributed by atoms with van der Waals surface area (Å²) in [5.41, 5.74) is 2.33. The predicted octanol–water partition coefficient (Wildman–Crippen LogP) is 3.39. The van der Waals surface area contributed by atoms with Gasteiger partial charge in [0, 0.05) is 25.9 Å². The Labute approximate surface area is 179 Å². The summed E-state index contributed by atoms with van der Waals surface area (Å²) >= 11 is 0. The Hall–Kier alpha value is -1.61. The largest absolute Gasteiger partial charge is 0.354 e. The van der Waals surface area contributed by atoms with Crippen LogP contribution in [-0.2, 0) is 22.8 Å². The zero-order valence-electron chi connectivity index (χ0n) is 16.0. The third-order valence-corrected chi connectivity index (χ3v) is 5.26. The van der Waals surface area contributed by atoms with Crippen LogP contribution in [0.1, 0.15) is 24.5 Å². The molecule has 1 atom stereocenters. The number of aryl methyl sites for hydroxylation is 1. The van der Waals surface area contributed by atoms with Crippen LogP contribution in [-0.4, -0.2) is 33.7 Å². The molecule has 5 nitrogen and oxygen atoms in total. The fraction of sp³-hybridized carbons (Fsp3) is 0.350. The molecule has 0 aliphatic rings. The number of rotatable bonds is 7. The summed E-state index contributed by atoms with van der Waals surface area (Å²) in [5, 5.41) is 6.65. The van der Waals surface area contributed by atoms with Crippen LogP contribution in [0.2, 0.25) is 0 Å². The van der Waals surface area contributed by atoms with Crippen molar-refractivity contribution in [2.24, 2.45) is 4.99 Å². The number of sulfone groups is 1. The Kier molecular flexibility index (Phi) is 9.79. The molecule has 0 aliphatic heterocycles. The van der Waals surface area contributed by atoms with Gasteiger partial charge in [0.05, 0.1) is 4.90 Å². The minimum absolute atomic E-state index is 0. The van der Waals surface area contributed by atoms with E-state index in [0.717, 1.165) is 24.4 Å². The van der Waals surface area contributed by atoms with E-state index in [1.807, 2.05) is 18.2 Å². The lowest BCUT2D eigenvalue weighted by atomic mass is 10.1. The number of hydrogen-bond acceptors (Lipinski definition) is 3. The summed E-state index contributed by atoms with van der Waals surface area (Å²) in [4.78, 5) is 4.59. The third kappa shape index (κ3) is 8.30. The Bertz CT molecular complexity index is 822. The molecule has 27 heavy (non-hydrogen) atoms. The van der Waals surface area contributed by atoms with E-state index in [-0.39, 0.29) is 30.0 Å². The second-order valence-corrected chi connectivity index (χ2v) is 8.43. The topological polar surface area (TPSA) is 70.6 Å². The summed E-state index contributed by atoms with van der Waals surface area (Å²) in [7, 11) is -1.42. The van der Waals surface area contributed by atoms with Crippen LogP contribution in [0, 0.1) is 0 Å². The van der Waals surface area contributed by atoms with Crippen LogP contribution < -0.4 is 10.6 Å². The molecule has 0 saturated carbocycles. The zero-order valence-corrected chi connectivity index (χ0v) is 19.1. The monoisotopic (exact) mass is 501 g/mol. The van der Waals surface area contributed by atoms with Gasteiger partial charge in [0.15, 0.2) is 15.8 Å². The molecular weight excluding hydrogens is 473 g/mol. The maximum Gasteiger partial charge on any atom is 0.191 e. The molecule has 0 heterocycles. The fourth-order valence-electron chi connectivity index (χ4n) is 2.57. The Morgan fingerprint density at radius 1 is 1.04 bits per heavy atom. The first-order chi connectivity index (χ1) is 12.4. The second kappa shape index (κ2) is 11.3. The highest BCUT2D eigenvalue weighted by Crippen LogP contribution is 2.10. The molecule has 148 valence electrons. The molecule has 2 N–H and O–H groups in total. The maximum atomic E-state index is 11.5. The minimum atomic E-state index is -3.16. The van der Waals surface area contributed by atoms with Gasteiger partial charge in [-0.05, 0) is 43.0 Å². The van der Waals surface area contributed by atoms with E-state index in [9.17, 15) is 8.42 Å². The van der Waals surface area contributed by atoms with E-state index in [1.165, 1.54) is 11.8 Å².